The molecule has 0 aliphatic rings. The number of nitrogens with one attached hydrogen (secondary N) is 1. The van der Waals surface area contributed by atoms with Crippen LogP contribution in [0.25, 0.3) is 21.8 Å². The average Bonchev–Trinajstić information content (AvgIpc) is 3.17. The minimum absolute atomic E-state index is 0.152. The Labute approximate surface area is 123 Å². The predicted molar refractivity (Wildman–Crippen MR) is 78.2 cm³/mol. The molecule has 21 heavy (non-hydrogen) atoms. The van der Waals surface area contributed by atoms with Gasteiger partial charge < -0.3 is 14.6 Å². The smallest absolute Gasteiger partial charge is 0.271 e. The van der Waals surface area contributed by atoms with Crippen LogP contribution in [0.3, 0.4) is 0 Å². The van der Waals surface area contributed by atoms with Crippen molar-refractivity contribution >= 4 is 22.4 Å². The van der Waals surface area contributed by atoms with Gasteiger partial charge >= 0.3 is 0 Å². The molecule has 0 bridgehead atoms. The van der Waals surface area contributed by atoms with Gasteiger partial charge in [-0.25, -0.2) is 4.98 Å². The molecule has 2 N–H and O–H groups in total. The summed E-state index contributed by atoms with van der Waals surface area (Å²) in [6, 6.07) is 9.41. The van der Waals surface area contributed by atoms with Gasteiger partial charge in [0.05, 0.1) is 17.5 Å². The van der Waals surface area contributed by atoms with E-state index in [0.29, 0.717) is 23.0 Å². The van der Waals surface area contributed by atoms with E-state index in [2.05, 4.69) is 20.1 Å². The maximum atomic E-state index is 9.66. The van der Waals surface area contributed by atoms with Gasteiger partial charge in [-0.05, 0) is 23.6 Å². The molecule has 3 heterocycles. The molecule has 4 aromatic rings. The van der Waals surface area contributed by atoms with E-state index >= 15 is 0 Å². The summed E-state index contributed by atoms with van der Waals surface area (Å²) in [5.74, 6) is 1.78. The number of hydrogen-bond donors (Lipinski definition) is 2. The highest BCUT2D eigenvalue weighted by Gasteiger charge is 2.15. The molecule has 4 rings (SSSR count). The summed E-state index contributed by atoms with van der Waals surface area (Å²) in [7, 11) is 0. The van der Waals surface area contributed by atoms with Crippen molar-refractivity contribution in [2.45, 2.75) is 6.42 Å². The highest BCUT2D eigenvalue weighted by Crippen LogP contribution is 2.33. The first kappa shape index (κ1) is 12.1. The number of hydrogen-bond acceptors (Lipinski definition) is 6. The second-order valence-electron chi connectivity index (χ2n) is 4.53. The molecule has 0 saturated carbocycles. The van der Waals surface area contributed by atoms with E-state index in [1.165, 1.54) is 11.3 Å². The van der Waals surface area contributed by atoms with Gasteiger partial charge in [-0.15, -0.1) is 11.3 Å². The van der Waals surface area contributed by atoms with Crippen LogP contribution < -0.4 is 0 Å². The summed E-state index contributed by atoms with van der Waals surface area (Å²) in [4.78, 5) is 12.6. The van der Waals surface area contributed by atoms with E-state index < -0.39 is 0 Å². The van der Waals surface area contributed by atoms with E-state index in [1.54, 1.807) is 11.4 Å². The number of para-hydroxylation sites is 2. The first-order valence-corrected chi connectivity index (χ1v) is 7.20. The van der Waals surface area contributed by atoms with Crippen LogP contribution in [0.2, 0.25) is 0 Å². The molecule has 0 radical (unpaired) electrons. The molecule has 0 saturated heterocycles. The maximum Gasteiger partial charge on any atom is 0.271 e. The van der Waals surface area contributed by atoms with Gasteiger partial charge in [-0.1, -0.05) is 17.3 Å². The molecule has 3 aromatic heterocycles. The number of H-pyrrole nitrogens is 1. The first-order chi connectivity index (χ1) is 10.3. The van der Waals surface area contributed by atoms with E-state index in [9.17, 15) is 5.11 Å². The Morgan fingerprint density at radius 2 is 2.10 bits per heavy atom. The Morgan fingerprint density at radius 3 is 2.90 bits per heavy atom. The number of aromatic amines is 1. The standard InChI is InChI=1S/C14H10N4O2S/c19-10-5-6-21-13(10)14-17-12(18-20-14)7-11-15-8-3-1-2-4-9(8)16-11/h1-6,19H,7H2,(H,15,16). The van der Waals surface area contributed by atoms with E-state index in [1.807, 2.05) is 24.3 Å². The Balaban J connectivity index is 1.63. The fourth-order valence-electron chi connectivity index (χ4n) is 2.12. The second kappa shape index (κ2) is 4.71. The van der Waals surface area contributed by atoms with Gasteiger partial charge in [0.1, 0.15) is 16.5 Å². The lowest BCUT2D eigenvalue weighted by atomic mass is 10.3. The topological polar surface area (TPSA) is 87.8 Å². The van der Waals surface area contributed by atoms with Crippen molar-refractivity contribution in [3.63, 3.8) is 0 Å². The average molecular weight is 298 g/mol. The van der Waals surface area contributed by atoms with Crippen LogP contribution in [0, 0.1) is 0 Å². The third-order valence-corrected chi connectivity index (χ3v) is 3.96. The van der Waals surface area contributed by atoms with E-state index in [4.69, 9.17) is 4.52 Å². The summed E-state index contributed by atoms with van der Waals surface area (Å²) < 4.78 is 5.18. The summed E-state index contributed by atoms with van der Waals surface area (Å²) in [6.07, 6.45) is 0.449. The molecule has 6 nitrogen and oxygen atoms in total. The molecule has 0 atom stereocenters. The maximum absolute atomic E-state index is 9.66. The highest BCUT2D eigenvalue weighted by molar-refractivity contribution is 7.13. The number of aromatic nitrogens is 4. The van der Waals surface area contributed by atoms with Gasteiger partial charge in [0, 0.05) is 0 Å². The normalized spacial score (nSPS) is 11.2. The Bertz CT molecular complexity index is 875. The van der Waals surface area contributed by atoms with Crippen molar-refractivity contribution in [1.82, 2.24) is 20.1 Å². The van der Waals surface area contributed by atoms with Gasteiger partial charge in [-0.3, -0.25) is 0 Å². The van der Waals surface area contributed by atoms with Crippen LogP contribution in [0.5, 0.6) is 5.75 Å². The third-order valence-electron chi connectivity index (χ3n) is 3.07. The summed E-state index contributed by atoms with van der Waals surface area (Å²) in [5.41, 5.74) is 1.89. The van der Waals surface area contributed by atoms with Crippen molar-refractivity contribution in [2.24, 2.45) is 0 Å². The van der Waals surface area contributed by atoms with Crippen molar-refractivity contribution in [2.75, 3.05) is 0 Å². The fourth-order valence-corrected chi connectivity index (χ4v) is 2.83. The van der Waals surface area contributed by atoms with Crippen molar-refractivity contribution in [3.05, 3.63) is 47.4 Å². The molecule has 7 heteroatoms. The lowest BCUT2D eigenvalue weighted by Gasteiger charge is -1.89. The molecular formula is C14H10N4O2S. The molecule has 0 unspecified atom stereocenters. The number of imidazole rings is 1. The second-order valence-corrected chi connectivity index (χ2v) is 5.44. The molecule has 0 aliphatic carbocycles. The van der Waals surface area contributed by atoms with Crippen LogP contribution in [0.15, 0.2) is 40.2 Å². The van der Waals surface area contributed by atoms with Gasteiger partial charge in [0.15, 0.2) is 5.82 Å². The van der Waals surface area contributed by atoms with Gasteiger partial charge in [0.25, 0.3) is 5.89 Å². The quantitative estimate of drug-likeness (QED) is 0.607. The van der Waals surface area contributed by atoms with Crippen molar-refractivity contribution in [3.8, 4) is 16.5 Å². The SMILES string of the molecule is Oc1ccsc1-c1nc(Cc2nc3ccccc3[nH]2)no1. The number of nitrogens with zero attached hydrogens (tertiary/aromatic N) is 3. The zero-order chi connectivity index (χ0) is 14.2. The number of benzene rings is 1. The van der Waals surface area contributed by atoms with Crippen LogP contribution in [0.1, 0.15) is 11.6 Å². The summed E-state index contributed by atoms with van der Waals surface area (Å²) in [6.45, 7) is 0. The largest absolute Gasteiger partial charge is 0.506 e. The predicted octanol–water partition coefficient (Wildman–Crippen LogP) is 2.97. The molecular weight excluding hydrogens is 288 g/mol. The Morgan fingerprint density at radius 1 is 1.19 bits per heavy atom. The molecule has 104 valence electrons. The molecule has 0 aliphatic heterocycles. The van der Waals surface area contributed by atoms with Crippen LogP contribution in [0.4, 0.5) is 0 Å². The monoisotopic (exact) mass is 298 g/mol. The molecule has 0 fully saturated rings. The number of rotatable bonds is 3. The lowest BCUT2D eigenvalue weighted by molar-refractivity contribution is 0.420. The van der Waals surface area contributed by atoms with E-state index in [-0.39, 0.29) is 5.75 Å². The number of fused-ring (bicyclic) bond motifs is 1. The minimum atomic E-state index is 0.152. The first-order valence-electron chi connectivity index (χ1n) is 6.32. The lowest BCUT2D eigenvalue weighted by Crippen LogP contribution is -1.92. The molecule has 0 amide bonds. The zero-order valence-electron chi connectivity index (χ0n) is 10.8. The van der Waals surface area contributed by atoms with Crippen LogP contribution >= 0.6 is 11.3 Å². The Kier molecular flexibility index (Phi) is 2.71. The molecule has 1 aromatic carbocycles. The third kappa shape index (κ3) is 2.17. The van der Waals surface area contributed by atoms with Crippen LogP contribution in [-0.4, -0.2) is 25.2 Å². The zero-order valence-corrected chi connectivity index (χ0v) is 11.6. The summed E-state index contributed by atoms with van der Waals surface area (Å²) in [5, 5.41) is 15.4. The van der Waals surface area contributed by atoms with Crippen molar-refractivity contribution in [1.29, 1.82) is 0 Å². The summed E-state index contributed by atoms with van der Waals surface area (Å²) >= 11 is 1.36. The fraction of sp³-hybridized carbons (Fsp3) is 0.0714. The van der Waals surface area contributed by atoms with Gasteiger partial charge in [0.2, 0.25) is 0 Å². The van der Waals surface area contributed by atoms with Crippen molar-refractivity contribution < 1.29 is 9.63 Å². The Hall–Kier alpha value is -2.67. The van der Waals surface area contributed by atoms with E-state index in [0.717, 1.165) is 16.9 Å². The number of aromatic hydroxyl groups is 1. The molecule has 0 spiro atoms. The van der Waals surface area contributed by atoms with Crippen LogP contribution in [-0.2, 0) is 6.42 Å². The number of thiophene rings is 1. The minimum Gasteiger partial charge on any atom is -0.506 e. The van der Waals surface area contributed by atoms with Gasteiger partial charge in [-0.2, -0.15) is 4.98 Å². The highest BCUT2D eigenvalue weighted by atomic mass is 32.1.